The zero-order chi connectivity index (χ0) is 17.4. The highest BCUT2D eigenvalue weighted by Gasteiger charge is 2.25. The van der Waals surface area contributed by atoms with Gasteiger partial charge in [0.2, 0.25) is 5.12 Å². The molecule has 0 amide bonds. The molecule has 0 radical (unpaired) electrons. The summed E-state index contributed by atoms with van der Waals surface area (Å²) in [4.78, 5) is 33.5. The summed E-state index contributed by atoms with van der Waals surface area (Å²) in [6.45, 7) is 0. The second-order valence-corrected chi connectivity index (χ2v) is 5.94. The Bertz CT molecular complexity index is 612. The SMILES string of the molecule is CN=C(CC(C(=O)O)N(C)C)C(=NC)SC(=O)c1ccccc1. The van der Waals surface area contributed by atoms with Crippen LogP contribution < -0.4 is 0 Å². The average Bonchev–Trinajstić information content (AvgIpc) is 2.54. The van der Waals surface area contributed by atoms with Crippen molar-refractivity contribution in [3.63, 3.8) is 0 Å². The van der Waals surface area contributed by atoms with Gasteiger partial charge >= 0.3 is 5.97 Å². The van der Waals surface area contributed by atoms with Gasteiger partial charge in [-0.25, -0.2) is 0 Å². The number of carboxylic acids is 1. The number of likely N-dealkylation sites (N-methyl/N-ethyl adjacent to an activating group) is 1. The molecule has 7 heteroatoms. The van der Waals surface area contributed by atoms with E-state index in [1.165, 1.54) is 0 Å². The van der Waals surface area contributed by atoms with E-state index in [-0.39, 0.29) is 11.5 Å². The third-order valence-corrected chi connectivity index (χ3v) is 4.25. The van der Waals surface area contributed by atoms with Gasteiger partial charge in [0.1, 0.15) is 11.1 Å². The molecule has 0 aliphatic heterocycles. The van der Waals surface area contributed by atoms with Crippen molar-refractivity contribution in [3.05, 3.63) is 35.9 Å². The van der Waals surface area contributed by atoms with Crippen LogP contribution in [0.3, 0.4) is 0 Å². The molecule has 1 rings (SSSR count). The highest BCUT2D eigenvalue weighted by atomic mass is 32.2. The molecule has 1 aromatic carbocycles. The van der Waals surface area contributed by atoms with Crippen molar-refractivity contribution < 1.29 is 14.7 Å². The van der Waals surface area contributed by atoms with Crippen molar-refractivity contribution in [1.29, 1.82) is 0 Å². The molecule has 124 valence electrons. The number of carbonyl (C=O) groups excluding carboxylic acids is 1. The molecule has 0 spiro atoms. The summed E-state index contributed by atoms with van der Waals surface area (Å²) >= 11 is 0.965. The van der Waals surface area contributed by atoms with Crippen molar-refractivity contribution in [3.8, 4) is 0 Å². The molecule has 6 nitrogen and oxygen atoms in total. The number of nitrogens with zero attached hydrogens (tertiary/aromatic N) is 3. The van der Waals surface area contributed by atoms with E-state index < -0.39 is 12.0 Å². The first kappa shape index (κ1) is 19.1. The van der Waals surface area contributed by atoms with Crippen molar-refractivity contribution in [2.24, 2.45) is 9.98 Å². The summed E-state index contributed by atoms with van der Waals surface area (Å²) in [7, 11) is 6.52. The van der Waals surface area contributed by atoms with Crippen molar-refractivity contribution in [1.82, 2.24) is 4.90 Å². The van der Waals surface area contributed by atoms with Gasteiger partial charge in [-0.3, -0.25) is 24.5 Å². The van der Waals surface area contributed by atoms with Crippen LogP contribution in [0, 0.1) is 0 Å². The Hall–Kier alpha value is -1.99. The molecule has 0 aliphatic carbocycles. The molecule has 0 aliphatic rings. The van der Waals surface area contributed by atoms with Crippen molar-refractivity contribution in [2.75, 3.05) is 28.2 Å². The minimum Gasteiger partial charge on any atom is -0.480 e. The van der Waals surface area contributed by atoms with Crippen LogP contribution in [0.1, 0.15) is 16.8 Å². The first-order chi connectivity index (χ1) is 10.9. The number of thioether (sulfide) groups is 1. The molecule has 0 saturated heterocycles. The van der Waals surface area contributed by atoms with E-state index in [2.05, 4.69) is 9.98 Å². The summed E-state index contributed by atoms with van der Waals surface area (Å²) in [6, 6.07) is 8.15. The highest BCUT2D eigenvalue weighted by Crippen LogP contribution is 2.17. The topological polar surface area (TPSA) is 82.3 Å². The van der Waals surface area contributed by atoms with Crippen molar-refractivity contribution >= 4 is 33.6 Å². The molecule has 1 atom stereocenters. The quantitative estimate of drug-likeness (QED) is 0.635. The smallest absolute Gasteiger partial charge is 0.321 e. The fourth-order valence-corrected chi connectivity index (χ4v) is 2.72. The maximum Gasteiger partial charge on any atom is 0.321 e. The fraction of sp³-hybridized carbons (Fsp3) is 0.375. The Labute approximate surface area is 140 Å². The third kappa shape index (κ3) is 5.61. The van der Waals surface area contributed by atoms with E-state index in [0.29, 0.717) is 16.3 Å². The fourth-order valence-electron chi connectivity index (χ4n) is 1.90. The van der Waals surface area contributed by atoms with E-state index >= 15 is 0 Å². The number of benzene rings is 1. The highest BCUT2D eigenvalue weighted by molar-refractivity contribution is 8.28. The van der Waals surface area contributed by atoms with Crippen LogP contribution >= 0.6 is 11.8 Å². The number of rotatable bonds is 6. The van der Waals surface area contributed by atoms with Crippen LogP contribution in [0.15, 0.2) is 40.3 Å². The Morgan fingerprint density at radius 2 is 1.78 bits per heavy atom. The van der Waals surface area contributed by atoms with Crippen LogP contribution in [-0.4, -0.2) is 66.1 Å². The second kappa shape index (κ2) is 9.22. The largest absolute Gasteiger partial charge is 0.480 e. The lowest BCUT2D eigenvalue weighted by Gasteiger charge is -2.20. The number of carbonyl (C=O) groups is 2. The Morgan fingerprint density at radius 3 is 2.22 bits per heavy atom. The van der Waals surface area contributed by atoms with E-state index in [1.54, 1.807) is 57.4 Å². The van der Waals surface area contributed by atoms with E-state index in [1.807, 2.05) is 6.07 Å². The summed E-state index contributed by atoms with van der Waals surface area (Å²) < 4.78 is 0. The molecular formula is C16H21N3O3S. The monoisotopic (exact) mass is 335 g/mol. The lowest BCUT2D eigenvalue weighted by atomic mass is 10.1. The first-order valence-corrected chi connectivity index (χ1v) is 7.81. The predicted molar refractivity (Wildman–Crippen MR) is 94.8 cm³/mol. The van der Waals surface area contributed by atoms with Gasteiger partial charge in [-0.2, -0.15) is 0 Å². The number of hydrogen-bond acceptors (Lipinski definition) is 6. The van der Waals surface area contributed by atoms with Gasteiger partial charge in [-0.1, -0.05) is 30.3 Å². The minimum absolute atomic E-state index is 0.149. The maximum atomic E-state index is 12.3. The lowest BCUT2D eigenvalue weighted by molar-refractivity contribution is -0.141. The van der Waals surface area contributed by atoms with E-state index in [0.717, 1.165) is 11.8 Å². The number of aliphatic carboxylic acids is 1. The predicted octanol–water partition coefficient (Wildman–Crippen LogP) is 2.06. The van der Waals surface area contributed by atoms with Crippen LogP contribution in [-0.2, 0) is 4.79 Å². The van der Waals surface area contributed by atoms with Crippen LogP contribution in [0.25, 0.3) is 0 Å². The molecule has 1 aromatic rings. The van der Waals surface area contributed by atoms with Gasteiger partial charge in [0, 0.05) is 26.1 Å². The van der Waals surface area contributed by atoms with Crippen LogP contribution in [0.2, 0.25) is 0 Å². The van der Waals surface area contributed by atoms with E-state index in [9.17, 15) is 14.7 Å². The lowest BCUT2D eigenvalue weighted by Crippen LogP contribution is -2.38. The zero-order valence-electron chi connectivity index (χ0n) is 13.7. The summed E-state index contributed by atoms with van der Waals surface area (Å²) in [5.74, 6) is -0.939. The van der Waals surface area contributed by atoms with Crippen LogP contribution in [0.4, 0.5) is 0 Å². The Balaban J connectivity index is 2.90. The molecule has 0 heterocycles. The molecule has 0 fully saturated rings. The Kier molecular flexibility index (Phi) is 7.64. The molecule has 1 N–H and O–H groups in total. The third-order valence-electron chi connectivity index (χ3n) is 3.21. The number of hydrogen-bond donors (Lipinski definition) is 1. The van der Waals surface area contributed by atoms with Gasteiger partial charge in [-0.15, -0.1) is 0 Å². The van der Waals surface area contributed by atoms with Crippen LogP contribution in [0.5, 0.6) is 0 Å². The normalized spacial score (nSPS) is 14.0. The molecule has 0 bridgehead atoms. The van der Waals surface area contributed by atoms with Gasteiger partial charge in [0.05, 0.1) is 5.71 Å². The average molecular weight is 335 g/mol. The molecule has 0 saturated carbocycles. The first-order valence-electron chi connectivity index (χ1n) is 7.00. The Morgan fingerprint density at radius 1 is 1.17 bits per heavy atom. The number of carboxylic acid groups (broad SMARTS) is 1. The summed E-state index contributed by atoms with van der Waals surface area (Å²) in [5, 5.41) is 9.58. The zero-order valence-corrected chi connectivity index (χ0v) is 14.5. The van der Waals surface area contributed by atoms with E-state index in [4.69, 9.17) is 0 Å². The standard InChI is InChI=1S/C16H21N3O3S/c1-17-12(10-13(15(20)21)19(3)4)14(18-2)23-16(22)11-8-6-5-7-9-11/h5-9,13H,10H2,1-4H3,(H,20,21). The summed E-state index contributed by atoms with van der Waals surface area (Å²) in [6.07, 6.45) is 0.181. The summed E-state index contributed by atoms with van der Waals surface area (Å²) in [5.41, 5.74) is 1.07. The van der Waals surface area contributed by atoms with Gasteiger partial charge < -0.3 is 5.11 Å². The van der Waals surface area contributed by atoms with Gasteiger partial charge in [-0.05, 0) is 25.9 Å². The van der Waals surface area contributed by atoms with Crippen molar-refractivity contribution in [2.45, 2.75) is 12.5 Å². The number of aliphatic imine (C=N–C) groups is 2. The molecule has 0 aromatic heterocycles. The minimum atomic E-state index is -0.939. The molecule has 23 heavy (non-hydrogen) atoms. The molecular weight excluding hydrogens is 314 g/mol. The second-order valence-electron chi connectivity index (χ2n) is 4.98. The maximum absolute atomic E-state index is 12.3. The van der Waals surface area contributed by atoms with Gasteiger partial charge in [0.25, 0.3) is 0 Å². The van der Waals surface area contributed by atoms with Gasteiger partial charge in [0.15, 0.2) is 0 Å². The molecule has 1 unspecified atom stereocenters.